The van der Waals surface area contributed by atoms with E-state index in [1.165, 1.54) is 0 Å². The lowest BCUT2D eigenvalue weighted by Crippen LogP contribution is -2.61. The summed E-state index contributed by atoms with van der Waals surface area (Å²) in [6.07, 6.45) is -8.75. The van der Waals surface area contributed by atoms with Crippen LogP contribution in [0.25, 0.3) is 0 Å². The fourth-order valence-electron chi connectivity index (χ4n) is 9.89. The van der Waals surface area contributed by atoms with Crippen LogP contribution in [0.15, 0.2) is 0 Å². The van der Waals surface area contributed by atoms with E-state index in [1.54, 1.807) is 13.8 Å². The number of halogens is 7. The molecular weight excluding hydrogens is 637 g/mol. The Balaban J connectivity index is 1.79. The van der Waals surface area contributed by atoms with Crippen LogP contribution in [-0.2, 0) is 29.8 Å². The number of esters is 1. The van der Waals surface area contributed by atoms with Crippen molar-refractivity contribution in [3.8, 4) is 0 Å². The maximum atomic E-state index is 14.8. The summed E-state index contributed by atoms with van der Waals surface area (Å²) in [6.45, 7) is 3.44. The van der Waals surface area contributed by atoms with Gasteiger partial charge in [-0.1, -0.05) is 39.5 Å². The number of ether oxygens (including phenoxy) is 1. The number of hydrogen-bond acceptors (Lipinski definition) is 6. The average Bonchev–Trinajstić information content (AvgIpc) is 2.78. The zero-order valence-electron chi connectivity index (χ0n) is 23.7. The van der Waals surface area contributed by atoms with Crippen LogP contribution in [0.4, 0.5) is 30.7 Å². The highest BCUT2D eigenvalue weighted by atomic mass is 32.2. The Kier molecular flexibility index (Phi) is 8.61. The first kappa shape index (κ1) is 34.7. The summed E-state index contributed by atoms with van der Waals surface area (Å²) in [5.41, 5.74) is -4.13. The van der Waals surface area contributed by atoms with Crippen LogP contribution in [0.1, 0.15) is 90.9 Å². The fourth-order valence-corrected chi connectivity index (χ4v) is 10.8. The molecule has 4 aliphatic rings. The van der Waals surface area contributed by atoms with Gasteiger partial charge in [0.1, 0.15) is 0 Å². The molecule has 0 aromatic rings. The predicted molar refractivity (Wildman–Crippen MR) is 137 cm³/mol. The third-order valence-electron chi connectivity index (χ3n) is 10.5. The van der Waals surface area contributed by atoms with Gasteiger partial charge in [-0.05, 0) is 79.4 Å². The average molecular weight is 675 g/mol. The third-order valence-corrected chi connectivity index (χ3v) is 12.3. The van der Waals surface area contributed by atoms with Crippen molar-refractivity contribution < 1.29 is 66.2 Å². The van der Waals surface area contributed by atoms with E-state index in [-0.39, 0.29) is 49.9 Å². The minimum Gasteiger partial charge on any atom is -0.444 e. The van der Waals surface area contributed by atoms with Gasteiger partial charge in [-0.3, -0.25) is 13.9 Å². The second kappa shape index (κ2) is 10.7. The molecule has 0 aliphatic heterocycles. The van der Waals surface area contributed by atoms with E-state index in [0.717, 1.165) is 0 Å². The third kappa shape index (κ3) is 6.17. The van der Waals surface area contributed by atoms with Gasteiger partial charge < -0.3 is 4.74 Å². The van der Waals surface area contributed by atoms with Crippen molar-refractivity contribution in [2.75, 3.05) is 0 Å². The Morgan fingerprint density at radius 2 is 1.53 bits per heavy atom. The normalized spacial score (nSPS) is 38.3. The number of hydrogen-bond donors (Lipinski definition) is 2. The van der Waals surface area contributed by atoms with Gasteiger partial charge in [0.15, 0.2) is 0 Å². The molecule has 0 amide bonds. The largest absolute Gasteiger partial charge is 0.444 e. The molecule has 0 heterocycles. The number of carbonyl (C=O) groups excluding carboxylic acids is 1. The first-order valence-corrected chi connectivity index (χ1v) is 17.1. The molecular formula is C26H37F7O8S2. The zero-order chi connectivity index (χ0) is 32.7. The molecule has 43 heavy (non-hydrogen) atoms. The van der Waals surface area contributed by atoms with Crippen molar-refractivity contribution in [3.63, 3.8) is 0 Å². The molecule has 8 atom stereocenters. The van der Waals surface area contributed by atoms with E-state index in [1.807, 2.05) is 0 Å². The van der Waals surface area contributed by atoms with Crippen LogP contribution in [-0.4, -0.2) is 54.7 Å². The topological polar surface area (TPSA) is 135 Å². The SMILES string of the molecule is CC1CC2CCCC(C(=O)OC(C(F)(F)F)C(F)(F)S(=O)(=O)O)(C1)C2C1(C)CC2CCCC(CC(F)(F)S(=O)(=O)O)(C2)C1. The van der Waals surface area contributed by atoms with Crippen molar-refractivity contribution >= 4 is 26.2 Å². The Hall–Kier alpha value is -1.20. The summed E-state index contributed by atoms with van der Waals surface area (Å²) in [5.74, 6) is -3.33. The number of rotatable bonds is 8. The van der Waals surface area contributed by atoms with E-state index < -0.39 is 77.6 Å². The molecule has 0 radical (unpaired) electrons. The van der Waals surface area contributed by atoms with Gasteiger partial charge in [0.05, 0.1) is 5.41 Å². The van der Waals surface area contributed by atoms with Gasteiger partial charge in [-0.15, -0.1) is 0 Å². The van der Waals surface area contributed by atoms with E-state index in [9.17, 15) is 56.9 Å². The molecule has 0 spiro atoms. The monoisotopic (exact) mass is 674 g/mol. The lowest BCUT2D eigenvalue weighted by Gasteiger charge is -2.63. The minimum atomic E-state index is -6.66. The van der Waals surface area contributed by atoms with Crippen LogP contribution in [0.3, 0.4) is 0 Å². The molecule has 0 aromatic heterocycles. The fraction of sp³-hybridized carbons (Fsp3) is 0.962. The van der Waals surface area contributed by atoms with Gasteiger partial charge in [-0.25, -0.2) is 0 Å². The highest BCUT2D eigenvalue weighted by Crippen LogP contribution is 2.69. The smallest absolute Gasteiger partial charge is 0.432 e. The van der Waals surface area contributed by atoms with Crippen LogP contribution >= 0.6 is 0 Å². The van der Waals surface area contributed by atoms with Crippen molar-refractivity contribution in [3.05, 3.63) is 0 Å². The van der Waals surface area contributed by atoms with Crippen LogP contribution in [0.5, 0.6) is 0 Å². The highest BCUT2D eigenvalue weighted by molar-refractivity contribution is 7.87. The number of alkyl halides is 7. The maximum absolute atomic E-state index is 14.8. The Labute approximate surface area is 246 Å². The molecule has 4 bridgehead atoms. The first-order chi connectivity index (χ1) is 19.3. The molecule has 2 N–H and O–H groups in total. The van der Waals surface area contributed by atoms with Crippen molar-refractivity contribution in [1.82, 2.24) is 0 Å². The molecule has 250 valence electrons. The molecule has 0 saturated heterocycles. The van der Waals surface area contributed by atoms with Gasteiger partial charge in [0.25, 0.3) is 6.10 Å². The molecule has 4 rings (SSSR count). The summed E-state index contributed by atoms with van der Waals surface area (Å²) in [4.78, 5) is 13.8. The number of fused-ring (bicyclic) bond motifs is 4. The second-order valence-corrected chi connectivity index (χ2v) is 17.0. The second-order valence-electron chi connectivity index (χ2n) is 14.0. The molecule has 4 aliphatic carbocycles. The lowest BCUT2D eigenvalue weighted by molar-refractivity contribution is -0.269. The summed E-state index contributed by atoms with van der Waals surface area (Å²) >= 11 is 0. The van der Waals surface area contributed by atoms with Crippen molar-refractivity contribution in [2.45, 2.75) is 114 Å². The van der Waals surface area contributed by atoms with E-state index >= 15 is 0 Å². The van der Waals surface area contributed by atoms with E-state index in [0.29, 0.717) is 38.5 Å². The van der Waals surface area contributed by atoms with E-state index in [2.05, 4.69) is 4.74 Å². The number of carbonyl (C=O) groups is 1. The molecule has 17 heteroatoms. The quantitative estimate of drug-likeness (QED) is 0.167. The van der Waals surface area contributed by atoms with Crippen LogP contribution in [0.2, 0.25) is 0 Å². The molecule has 4 fully saturated rings. The molecule has 8 unspecified atom stereocenters. The van der Waals surface area contributed by atoms with Crippen LogP contribution in [0, 0.1) is 39.9 Å². The van der Waals surface area contributed by atoms with E-state index in [4.69, 9.17) is 4.55 Å². The lowest BCUT2D eigenvalue weighted by atomic mass is 9.41. The van der Waals surface area contributed by atoms with Gasteiger partial charge in [-0.2, -0.15) is 47.6 Å². The standard InChI is InChI=1S/C26H37F7O8S2/c1-15-9-17-6-4-8-23(10-15,20(34)41-19(25(29,30)31)26(32,33)43(38,39)40)18(17)21(2)11-16-5-3-7-22(12-16,13-21)14-24(27,28)42(35,36)37/h15-19H,3-14H2,1-2H3,(H,35,36,37)(H,38,39,40). The Bertz CT molecular complexity index is 1320. The summed E-state index contributed by atoms with van der Waals surface area (Å²) in [7, 11) is -12.4. The summed E-state index contributed by atoms with van der Waals surface area (Å²) < 4.78 is 168. The molecule has 8 nitrogen and oxygen atoms in total. The molecule has 0 aromatic carbocycles. The van der Waals surface area contributed by atoms with Crippen molar-refractivity contribution in [1.29, 1.82) is 0 Å². The Morgan fingerprint density at radius 3 is 2.09 bits per heavy atom. The predicted octanol–water partition coefficient (Wildman–Crippen LogP) is 6.62. The van der Waals surface area contributed by atoms with Crippen LogP contribution < -0.4 is 0 Å². The zero-order valence-corrected chi connectivity index (χ0v) is 25.3. The summed E-state index contributed by atoms with van der Waals surface area (Å²) in [6, 6.07) is 0. The maximum Gasteiger partial charge on any atom is 0.432 e. The Morgan fingerprint density at radius 1 is 0.930 bits per heavy atom. The highest BCUT2D eigenvalue weighted by Gasteiger charge is 2.69. The van der Waals surface area contributed by atoms with Gasteiger partial charge >= 0.3 is 42.9 Å². The molecule has 4 saturated carbocycles. The minimum absolute atomic E-state index is 0.0456. The van der Waals surface area contributed by atoms with Gasteiger partial charge in [0.2, 0.25) is 0 Å². The van der Waals surface area contributed by atoms with Crippen molar-refractivity contribution in [2.24, 2.45) is 39.9 Å². The summed E-state index contributed by atoms with van der Waals surface area (Å²) in [5, 5.41) is -10.4. The van der Waals surface area contributed by atoms with Gasteiger partial charge in [0, 0.05) is 6.42 Å². The first-order valence-electron chi connectivity index (χ1n) is 14.3.